The first kappa shape index (κ1) is 26.6. The molecule has 4 nitrogen and oxygen atoms in total. The number of halogens is 5. The Morgan fingerprint density at radius 1 is 0.844 bits per heavy atom. The highest BCUT2D eigenvalue weighted by Gasteiger charge is 2.35. The molecule has 0 aromatic heterocycles. The molecule has 3 rings (SSSR count). The van der Waals surface area contributed by atoms with Crippen LogP contribution in [0.4, 0.5) is 0 Å². The number of rotatable bonds is 4. The van der Waals surface area contributed by atoms with Crippen molar-refractivity contribution in [1.29, 1.82) is 5.26 Å². The lowest BCUT2D eigenvalue weighted by atomic mass is 9.92. The number of alkyl halides is 3. The van der Waals surface area contributed by atoms with Crippen LogP contribution in [0, 0.1) is 11.3 Å². The van der Waals surface area contributed by atoms with Gasteiger partial charge in [0.1, 0.15) is 17.2 Å². The summed E-state index contributed by atoms with van der Waals surface area (Å²) in [5.41, 5.74) is 2.31. The number of nitrogens with zero attached hydrogens (tertiary/aromatic N) is 1. The van der Waals surface area contributed by atoms with Crippen LogP contribution in [0.15, 0.2) is 69.6 Å². The van der Waals surface area contributed by atoms with Crippen molar-refractivity contribution in [2.75, 3.05) is 14.2 Å². The van der Waals surface area contributed by atoms with Gasteiger partial charge in [-0.3, -0.25) is 0 Å². The largest absolute Gasteiger partial charge is 0.506 e. The van der Waals surface area contributed by atoms with Gasteiger partial charge in [-0.05, 0) is 79.4 Å². The van der Waals surface area contributed by atoms with Gasteiger partial charge in [-0.25, -0.2) is 0 Å². The number of methoxy groups -OCH3 is 2. The summed E-state index contributed by atoms with van der Waals surface area (Å²) in [5.74, 6) is 1.26. The maximum Gasteiger partial charge on any atom is 0.201 e. The minimum absolute atomic E-state index is 0.115. The lowest BCUT2D eigenvalue weighted by Crippen LogP contribution is -2.18. The van der Waals surface area contributed by atoms with Crippen LogP contribution in [0.1, 0.15) is 22.6 Å². The number of phenolic OH excluding ortho intramolecular Hbond substituents is 1. The van der Waals surface area contributed by atoms with Gasteiger partial charge in [0, 0.05) is 0 Å². The van der Waals surface area contributed by atoms with E-state index in [-0.39, 0.29) is 11.7 Å². The molecule has 32 heavy (non-hydrogen) atoms. The average Bonchev–Trinajstić information content (AvgIpc) is 2.77. The molecule has 0 aliphatic carbocycles. The third kappa shape index (κ3) is 7.19. The molecule has 0 fully saturated rings. The SMILES string of the molecule is COc1ccc(C(c2ccc(OC)cc2)C(Cl)(Cl)Cl)cc1.N#Cc1cc(Br)c(O)c(Br)c1. The molecule has 0 radical (unpaired) electrons. The number of nitriles is 1. The highest BCUT2D eigenvalue weighted by atomic mass is 79.9. The van der Waals surface area contributed by atoms with E-state index in [0.29, 0.717) is 14.5 Å². The van der Waals surface area contributed by atoms with Gasteiger partial charge in [-0.2, -0.15) is 5.26 Å². The molecule has 1 N–H and O–H groups in total. The molecule has 3 aromatic rings. The van der Waals surface area contributed by atoms with Crippen molar-refractivity contribution in [2.45, 2.75) is 9.71 Å². The molecule has 0 unspecified atom stereocenters. The van der Waals surface area contributed by atoms with Gasteiger partial charge < -0.3 is 14.6 Å². The molecule has 0 aliphatic rings. The van der Waals surface area contributed by atoms with Gasteiger partial charge in [-0.15, -0.1) is 0 Å². The summed E-state index contributed by atoms with van der Waals surface area (Å²) in [6.45, 7) is 0. The van der Waals surface area contributed by atoms with Crippen LogP contribution in [0.3, 0.4) is 0 Å². The number of benzene rings is 3. The summed E-state index contributed by atoms with van der Waals surface area (Å²) in [6.07, 6.45) is 0. The zero-order valence-corrected chi connectivity index (χ0v) is 22.4. The smallest absolute Gasteiger partial charge is 0.201 e. The molecule has 0 atom stereocenters. The van der Waals surface area contributed by atoms with Crippen LogP contribution >= 0.6 is 66.7 Å². The maximum atomic E-state index is 9.22. The topological polar surface area (TPSA) is 62.5 Å². The Bertz CT molecular complexity index is 1010. The second-order valence-corrected chi connectivity index (χ2v) is 10.5. The van der Waals surface area contributed by atoms with Crippen molar-refractivity contribution in [3.63, 3.8) is 0 Å². The lowest BCUT2D eigenvalue weighted by molar-refractivity contribution is 0.414. The van der Waals surface area contributed by atoms with Gasteiger partial charge >= 0.3 is 0 Å². The van der Waals surface area contributed by atoms with Crippen molar-refractivity contribution >= 4 is 66.7 Å². The predicted octanol–water partition coefficient (Wildman–Crippen LogP) is 7.99. The fourth-order valence-corrected chi connectivity index (χ4v) is 4.74. The highest BCUT2D eigenvalue weighted by molar-refractivity contribution is 9.11. The second kappa shape index (κ2) is 12.0. The van der Waals surface area contributed by atoms with Crippen LogP contribution in [0.25, 0.3) is 0 Å². The van der Waals surface area contributed by atoms with Crippen molar-refractivity contribution in [1.82, 2.24) is 0 Å². The van der Waals surface area contributed by atoms with E-state index in [1.54, 1.807) is 26.4 Å². The Hall–Kier alpha value is -1.62. The Morgan fingerprint density at radius 2 is 1.22 bits per heavy atom. The van der Waals surface area contributed by atoms with E-state index in [9.17, 15) is 5.11 Å². The van der Waals surface area contributed by atoms with Gasteiger partial charge in [0.25, 0.3) is 0 Å². The van der Waals surface area contributed by atoms with Crippen LogP contribution in [0.5, 0.6) is 17.2 Å². The molecule has 0 heterocycles. The van der Waals surface area contributed by atoms with E-state index in [1.807, 2.05) is 54.6 Å². The third-order valence-corrected chi connectivity index (χ3v) is 6.24. The minimum atomic E-state index is -1.46. The predicted molar refractivity (Wildman–Crippen MR) is 136 cm³/mol. The molecular formula is C23H18Br2Cl3NO3. The summed E-state index contributed by atoms with van der Waals surface area (Å²) >= 11 is 24.8. The van der Waals surface area contributed by atoms with E-state index in [0.717, 1.165) is 22.6 Å². The van der Waals surface area contributed by atoms with Crippen molar-refractivity contribution in [3.8, 4) is 23.3 Å². The number of aromatic hydroxyl groups is 1. The van der Waals surface area contributed by atoms with Crippen LogP contribution in [0.2, 0.25) is 0 Å². The molecule has 0 bridgehead atoms. The number of ether oxygens (including phenoxy) is 2. The van der Waals surface area contributed by atoms with Gasteiger partial charge in [0.2, 0.25) is 3.79 Å². The van der Waals surface area contributed by atoms with E-state index in [4.69, 9.17) is 49.5 Å². The quantitative estimate of drug-likeness (QED) is 0.300. The normalized spacial score (nSPS) is 10.7. The van der Waals surface area contributed by atoms with Crippen LogP contribution in [-0.4, -0.2) is 23.1 Å². The Labute approximate surface area is 218 Å². The number of phenols is 1. The van der Waals surface area contributed by atoms with Crippen molar-refractivity contribution in [3.05, 3.63) is 86.3 Å². The van der Waals surface area contributed by atoms with Crippen LogP contribution < -0.4 is 9.47 Å². The fourth-order valence-electron chi connectivity index (χ4n) is 2.79. The van der Waals surface area contributed by atoms with Crippen molar-refractivity contribution in [2.24, 2.45) is 0 Å². The first-order chi connectivity index (χ1) is 15.1. The Balaban J connectivity index is 0.000000278. The maximum absolute atomic E-state index is 9.22. The summed E-state index contributed by atoms with van der Waals surface area (Å²) in [7, 11) is 3.23. The highest BCUT2D eigenvalue weighted by Crippen LogP contribution is 2.46. The molecule has 168 valence electrons. The zero-order valence-electron chi connectivity index (χ0n) is 17.0. The standard InChI is InChI=1S/C16H15Cl3O2.C7H3Br2NO/c1-20-13-7-3-11(4-8-13)15(16(17,18)19)12-5-9-14(21-2)10-6-12;8-5-1-4(3-10)2-6(9)7(5)11/h3-10,15H,1-2H3;1-2,11H. The molecule has 3 aromatic carbocycles. The van der Waals surface area contributed by atoms with E-state index in [2.05, 4.69) is 31.9 Å². The van der Waals surface area contributed by atoms with Crippen LogP contribution in [-0.2, 0) is 0 Å². The van der Waals surface area contributed by atoms with E-state index >= 15 is 0 Å². The van der Waals surface area contributed by atoms with Gasteiger partial charge in [0.15, 0.2) is 0 Å². The lowest BCUT2D eigenvalue weighted by Gasteiger charge is -2.25. The van der Waals surface area contributed by atoms with E-state index < -0.39 is 3.79 Å². The molecule has 0 saturated heterocycles. The summed E-state index contributed by atoms with van der Waals surface area (Å²) in [6, 6.07) is 20.1. The molecule has 9 heteroatoms. The molecule has 0 amide bonds. The molecular weight excluding hydrogens is 604 g/mol. The zero-order chi connectivity index (χ0) is 23.9. The monoisotopic (exact) mass is 619 g/mol. The molecule has 0 saturated carbocycles. The molecule has 0 aliphatic heterocycles. The van der Waals surface area contributed by atoms with Gasteiger partial charge in [0.05, 0.1) is 40.7 Å². The Kier molecular flexibility index (Phi) is 10.00. The first-order valence-corrected chi connectivity index (χ1v) is 11.8. The summed E-state index contributed by atoms with van der Waals surface area (Å²) in [4.78, 5) is 0. The first-order valence-electron chi connectivity index (χ1n) is 9.03. The number of hydrogen-bond donors (Lipinski definition) is 1. The fraction of sp³-hybridized carbons (Fsp3) is 0.174. The van der Waals surface area contributed by atoms with Crippen molar-refractivity contribution < 1.29 is 14.6 Å². The number of hydrogen-bond acceptors (Lipinski definition) is 4. The average molecular weight is 623 g/mol. The Morgan fingerprint density at radius 3 is 1.50 bits per heavy atom. The minimum Gasteiger partial charge on any atom is -0.506 e. The third-order valence-electron chi connectivity index (χ3n) is 4.37. The summed E-state index contributed by atoms with van der Waals surface area (Å²) < 4.78 is 9.89. The van der Waals surface area contributed by atoms with Gasteiger partial charge in [-0.1, -0.05) is 59.1 Å². The summed E-state index contributed by atoms with van der Waals surface area (Å²) in [5, 5.41) is 17.7. The van der Waals surface area contributed by atoms with E-state index in [1.165, 1.54) is 0 Å². The molecule has 0 spiro atoms. The second-order valence-electron chi connectivity index (χ2n) is 6.42.